The molecule has 1 rings (SSSR count). The summed E-state index contributed by atoms with van der Waals surface area (Å²) in [6.07, 6.45) is 0. The van der Waals surface area contributed by atoms with E-state index in [0.29, 0.717) is 13.1 Å². The highest BCUT2D eigenvalue weighted by atomic mass is 32.2. The fraction of sp³-hybridized carbons (Fsp3) is 0.833. The minimum atomic E-state index is -4.08. The smallest absolute Gasteiger partial charge is 0.336 e. The highest BCUT2D eigenvalue weighted by Crippen LogP contribution is 2.05. The third-order valence-electron chi connectivity index (χ3n) is 2.01. The van der Waals surface area contributed by atoms with Crippen LogP contribution in [0.5, 0.6) is 0 Å². The summed E-state index contributed by atoms with van der Waals surface area (Å²) in [4.78, 5) is 12.4. The first-order valence-corrected chi connectivity index (χ1v) is 5.29. The quantitative estimate of drug-likeness (QED) is 0.558. The van der Waals surface area contributed by atoms with Crippen LogP contribution in [-0.4, -0.2) is 54.3 Å². The summed E-state index contributed by atoms with van der Waals surface area (Å²) in [5, 5.41) is 0. The van der Waals surface area contributed by atoms with Crippen LogP contribution in [0.25, 0.3) is 0 Å². The Hall–Kier alpha value is -0.660. The second-order valence-electron chi connectivity index (χ2n) is 2.88. The Morgan fingerprint density at radius 1 is 1.23 bits per heavy atom. The number of nitrogens with zero attached hydrogens (tertiary/aromatic N) is 2. The van der Waals surface area contributed by atoms with E-state index in [1.807, 2.05) is 0 Å². The standard InChI is InChI=1S/C6H12N2O4S/c1-6(9)7-2-4-8(5-3-7)13(10,11)12/h2-5H2,1H3,(H,10,11,12). The second-order valence-corrected chi connectivity index (χ2v) is 4.29. The molecule has 7 heteroatoms. The molecule has 1 saturated heterocycles. The van der Waals surface area contributed by atoms with Gasteiger partial charge in [0.25, 0.3) is 0 Å². The van der Waals surface area contributed by atoms with E-state index in [1.54, 1.807) is 4.90 Å². The molecule has 0 radical (unpaired) electrons. The molecule has 1 amide bonds. The molecule has 0 unspecified atom stereocenters. The lowest BCUT2D eigenvalue weighted by Gasteiger charge is -2.31. The van der Waals surface area contributed by atoms with Crippen molar-refractivity contribution in [3.63, 3.8) is 0 Å². The van der Waals surface area contributed by atoms with Crippen LogP contribution in [0.15, 0.2) is 0 Å². The summed E-state index contributed by atoms with van der Waals surface area (Å²) in [6.45, 7) is 2.45. The van der Waals surface area contributed by atoms with Crippen LogP contribution < -0.4 is 0 Å². The average Bonchev–Trinajstić information content (AvgIpc) is 2.03. The Morgan fingerprint density at radius 3 is 2.00 bits per heavy atom. The van der Waals surface area contributed by atoms with Crippen LogP contribution >= 0.6 is 0 Å². The summed E-state index contributed by atoms with van der Waals surface area (Å²) >= 11 is 0. The van der Waals surface area contributed by atoms with Gasteiger partial charge in [-0.3, -0.25) is 9.35 Å². The van der Waals surface area contributed by atoms with Crippen molar-refractivity contribution < 1.29 is 17.8 Å². The molecular weight excluding hydrogens is 196 g/mol. The van der Waals surface area contributed by atoms with Crippen molar-refractivity contribution in [2.24, 2.45) is 0 Å². The van der Waals surface area contributed by atoms with E-state index in [0.717, 1.165) is 4.31 Å². The molecule has 0 aromatic carbocycles. The lowest BCUT2D eigenvalue weighted by atomic mass is 10.3. The van der Waals surface area contributed by atoms with Gasteiger partial charge in [-0.2, -0.15) is 12.7 Å². The van der Waals surface area contributed by atoms with E-state index < -0.39 is 10.3 Å². The van der Waals surface area contributed by atoms with Crippen LogP contribution in [0.3, 0.4) is 0 Å². The fourth-order valence-corrected chi connectivity index (χ4v) is 1.86. The van der Waals surface area contributed by atoms with Gasteiger partial charge in [0.1, 0.15) is 0 Å². The largest absolute Gasteiger partial charge is 0.340 e. The number of hydrogen-bond donors (Lipinski definition) is 1. The molecule has 0 aromatic heterocycles. The predicted molar refractivity (Wildman–Crippen MR) is 45.4 cm³/mol. The topological polar surface area (TPSA) is 77.9 Å². The van der Waals surface area contributed by atoms with Gasteiger partial charge in [-0.15, -0.1) is 0 Å². The monoisotopic (exact) mass is 208 g/mol. The molecule has 0 aliphatic carbocycles. The molecule has 1 heterocycles. The average molecular weight is 208 g/mol. The molecular formula is C6H12N2O4S. The fourth-order valence-electron chi connectivity index (χ4n) is 1.23. The highest BCUT2D eigenvalue weighted by molar-refractivity contribution is 7.83. The van der Waals surface area contributed by atoms with Crippen LogP contribution in [-0.2, 0) is 15.1 Å². The summed E-state index contributed by atoms with van der Waals surface area (Å²) in [7, 11) is -4.08. The summed E-state index contributed by atoms with van der Waals surface area (Å²) in [5.74, 6) is -0.0741. The SMILES string of the molecule is CC(=O)N1CCN(S(=O)(=O)O)CC1. The lowest BCUT2D eigenvalue weighted by Crippen LogP contribution is -2.49. The van der Waals surface area contributed by atoms with Crippen LogP contribution in [0.2, 0.25) is 0 Å². The van der Waals surface area contributed by atoms with Gasteiger partial charge in [-0.25, -0.2) is 0 Å². The summed E-state index contributed by atoms with van der Waals surface area (Å²) < 4.78 is 30.9. The Morgan fingerprint density at radius 2 is 1.69 bits per heavy atom. The molecule has 13 heavy (non-hydrogen) atoms. The molecule has 1 aliphatic rings. The third-order valence-corrected chi connectivity index (χ3v) is 3.03. The van der Waals surface area contributed by atoms with Gasteiger partial charge in [0.15, 0.2) is 0 Å². The summed E-state index contributed by atoms with van der Waals surface area (Å²) in [5.41, 5.74) is 0. The molecule has 0 atom stereocenters. The van der Waals surface area contributed by atoms with Crippen molar-refractivity contribution in [3.05, 3.63) is 0 Å². The van der Waals surface area contributed by atoms with Crippen molar-refractivity contribution in [2.45, 2.75) is 6.92 Å². The maximum atomic E-state index is 10.9. The zero-order chi connectivity index (χ0) is 10.1. The van der Waals surface area contributed by atoms with E-state index in [4.69, 9.17) is 4.55 Å². The minimum Gasteiger partial charge on any atom is -0.340 e. The number of amides is 1. The first-order valence-electron chi connectivity index (χ1n) is 3.89. The molecule has 6 nitrogen and oxygen atoms in total. The maximum absolute atomic E-state index is 10.9. The number of rotatable bonds is 1. The van der Waals surface area contributed by atoms with E-state index in [2.05, 4.69) is 0 Å². The van der Waals surface area contributed by atoms with Crippen molar-refractivity contribution in [2.75, 3.05) is 26.2 Å². The van der Waals surface area contributed by atoms with Gasteiger partial charge in [0.05, 0.1) is 0 Å². The number of piperazine rings is 1. The Balaban J connectivity index is 2.53. The summed E-state index contributed by atoms with van der Waals surface area (Å²) in [6, 6.07) is 0. The molecule has 1 N–H and O–H groups in total. The van der Waals surface area contributed by atoms with Gasteiger partial charge in [0, 0.05) is 33.1 Å². The lowest BCUT2D eigenvalue weighted by molar-refractivity contribution is -0.130. The predicted octanol–water partition coefficient (Wildman–Crippen LogP) is -1.05. The van der Waals surface area contributed by atoms with Gasteiger partial charge in [-0.1, -0.05) is 0 Å². The van der Waals surface area contributed by atoms with Crippen LogP contribution in [0.4, 0.5) is 0 Å². The van der Waals surface area contributed by atoms with Crippen LogP contribution in [0.1, 0.15) is 6.92 Å². The normalized spacial score (nSPS) is 20.3. The first-order chi connectivity index (χ1) is 5.91. The Kier molecular flexibility index (Phi) is 2.89. The molecule has 0 spiro atoms. The number of hydrogen-bond acceptors (Lipinski definition) is 3. The van der Waals surface area contributed by atoms with E-state index in [1.165, 1.54) is 6.92 Å². The number of carbonyl (C=O) groups is 1. The van der Waals surface area contributed by atoms with Crippen molar-refractivity contribution in [1.29, 1.82) is 0 Å². The van der Waals surface area contributed by atoms with Gasteiger partial charge < -0.3 is 4.90 Å². The molecule has 0 bridgehead atoms. The van der Waals surface area contributed by atoms with Gasteiger partial charge in [0.2, 0.25) is 5.91 Å². The van der Waals surface area contributed by atoms with Crippen molar-refractivity contribution >= 4 is 16.2 Å². The van der Waals surface area contributed by atoms with Crippen molar-refractivity contribution in [1.82, 2.24) is 9.21 Å². The molecule has 0 aromatic rings. The van der Waals surface area contributed by atoms with E-state index >= 15 is 0 Å². The second kappa shape index (κ2) is 3.60. The van der Waals surface area contributed by atoms with E-state index in [-0.39, 0.29) is 19.0 Å². The first kappa shape index (κ1) is 10.4. The molecule has 1 aliphatic heterocycles. The zero-order valence-corrected chi connectivity index (χ0v) is 8.12. The van der Waals surface area contributed by atoms with Gasteiger partial charge in [-0.05, 0) is 0 Å². The van der Waals surface area contributed by atoms with Crippen molar-refractivity contribution in [3.8, 4) is 0 Å². The van der Waals surface area contributed by atoms with Gasteiger partial charge >= 0.3 is 10.3 Å². The van der Waals surface area contributed by atoms with E-state index in [9.17, 15) is 13.2 Å². The maximum Gasteiger partial charge on any atom is 0.336 e. The molecule has 76 valence electrons. The Bertz CT molecular complexity index is 292. The zero-order valence-electron chi connectivity index (χ0n) is 7.30. The van der Waals surface area contributed by atoms with Crippen LogP contribution in [0, 0.1) is 0 Å². The highest BCUT2D eigenvalue weighted by Gasteiger charge is 2.25. The minimum absolute atomic E-state index is 0.0741. The molecule has 1 fully saturated rings. The number of carbonyl (C=O) groups excluding carboxylic acids is 1. The molecule has 0 saturated carbocycles. The third kappa shape index (κ3) is 2.64. The Labute approximate surface area is 77.0 Å².